The molecule has 1 amide bonds. The molecule has 2 N–H and O–H groups in total. The quantitative estimate of drug-likeness (QED) is 0.832. The SMILES string of the molecule is Cc1ccc(Cl)cc1NC(=O)Cn1cccc1/C=C/C(=O)O. The van der Waals surface area contributed by atoms with Gasteiger partial charge in [0.05, 0.1) is 0 Å². The van der Waals surface area contributed by atoms with Crippen LogP contribution in [0.25, 0.3) is 6.08 Å². The number of halogens is 1. The Morgan fingerprint density at radius 2 is 2.14 bits per heavy atom. The zero-order valence-electron chi connectivity index (χ0n) is 11.9. The zero-order chi connectivity index (χ0) is 16.1. The fourth-order valence-corrected chi connectivity index (χ4v) is 2.12. The lowest BCUT2D eigenvalue weighted by molar-refractivity contribution is -0.131. The van der Waals surface area contributed by atoms with E-state index in [4.69, 9.17) is 16.7 Å². The van der Waals surface area contributed by atoms with Crippen LogP contribution in [0.3, 0.4) is 0 Å². The minimum atomic E-state index is -1.04. The molecule has 1 aromatic heterocycles. The van der Waals surface area contributed by atoms with Gasteiger partial charge in [-0.2, -0.15) is 0 Å². The Balaban J connectivity index is 2.08. The molecule has 1 heterocycles. The third-order valence-corrected chi connectivity index (χ3v) is 3.28. The zero-order valence-corrected chi connectivity index (χ0v) is 12.7. The van der Waals surface area contributed by atoms with Crippen molar-refractivity contribution in [3.05, 3.63) is 58.9 Å². The van der Waals surface area contributed by atoms with Crippen LogP contribution in [0.15, 0.2) is 42.6 Å². The lowest BCUT2D eigenvalue weighted by atomic mass is 10.2. The van der Waals surface area contributed by atoms with Gasteiger partial charge in [0, 0.05) is 28.7 Å². The number of carbonyl (C=O) groups is 2. The highest BCUT2D eigenvalue weighted by Crippen LogP contribution is 2.20. The number of carbonyl (C=O) groups excluding carboxylic acids is 1. The van der Waals surface area contributed by atoms with Gasteiger partial charge < -0.3 is 15.0 Å². The maximum Gasteiger partial charge on any atom is 0.328 e. The average molecular weight is 319 g/mol. The molecule has 0 spiro atoms. The van der Waals surface area contributed by atoms with Crippen molar-refractivity contribution < 1.29 is 14.7 Å². The number of carboxylic acid groups (broad SMARTS) is 1. The number of carboxylic acids is 1. The first-order valence-electron chi connectivity index (χ1n) is 6.58. The molecule has 0 aliphatic carbocycles. The lowest BCUT2D eigenvalue weighted by Crippen LogP contribution is -2.19. The molecule has 0 radical (unpaired) electrons. The predicted octanol–water partition coefficient (Wildman–Crippen LogP) is 3.19. The van der Waals surface area contributed by atoms with Gasteiger partial charge in [0.1, 0.15) is 6.54 Å². The third kappa shape index (κ3) is 4.23. The van der Waals surface area contributed by atoms with Crippen molar-refractivity contribution in [2.24, 2.45) is 0 Å². The Morgan fingerprint density at radius 1 is 1.36 bits per heavy atom. The van der Waals surface area contributed by atoms with E-state index in [1.54, 1.807) is 35.0 Å². The molecule has 0 aliphatic rings. The van der Waals surface area contributed by atoms with E-state index >= 15 is 0 Å². The molecule has 6 heteroatoms. The van der Waals surface area contributed by atoms with Gasteiger partial charge in [-0.05, 0) is 42.8 Å². The number of amides is 1. The second-order valence-corrected chi connectivity index (χ2v) is 5.18. The number of aliphatic carboxylic acids is 1. The second-order valence-electron chi connectivity index (χ2n) is 4.74. The molecule has 114 valence electrons. The van der Waals surface area contributed by atoms with Crippen molar-refractivity contribution >= 4 is 35.2 Å². The van der Waals surface area contributed by atoms with E-state index in [1.165, 1.54) is 6.08 Å². The van der Waals surface area contributed by atoms with Crippen molar-refractivity contribution in [3.8, 4) is 0 Å². The molecule has 0 aliphatic heterocycles. The van der Waals surface area contributed by atoms with Crippen molar-refractivity contribution in [1.82, 2.24) is 4.57 Å². The van der Waals surface area contributed by atoms with Crippen molar-refractivity contribution in [2.45, 2.75) is 13.5 Å². The fraction of sp³-hybridized carbons (Fsp3) is 0.125. The number of benzene rings is 1. The Morgan fingerprint density at radius 3 is 2.86 bits per heavy atom. The summed E-state index contributed by atoms with van der Waals surface area (Å²) in [6, 6.07) is 8.76. The standard InChI is InChI=1S/C16H15ClN2O3/c1-11-4-5-12(17)9-14(11)18-15(20)10-19-8-2-3-13(19)6-7-16(21)22/h2-9H,10H2,1H3,(H,18,20)(H,21,22)/b7-6+. The highest BCUT2D eigenvalue weighted by molar-refractivity contribution is 6.31. The number of aromatic nitrogens is 1. The molecule has 0 unspecified atom stereocenters. The van der Waals surface area contributed by atoms with Crippen LogP contribution < -0.4 is 5.32 Å². The molecule has 0 bridgehead atoms. The predicted molar refractivity (Wildman–Crippen MR) is 85.9 cm³/mol. The van der Waals surface area contributed by atoms with Crippen molar-refractivity contribution in [2.75, 3.05) is 5.32 Å². The Hall–Kier alpha value is -2.53. The summed E-state index contributed by atoms with van der Waals surface area (Å²) in [5.74, 6) is -1.25. The summed E-state index contributed by atoms with van der Waals surface area (Å²) in [4.78, 5) is 22.7. The van der Waals surface area contributed by atoms with Crippen LogP contribution in [0.1, 0.15) is 11.3 Å². The van der Waals surface area contributed by atoms with Gasteiger partial charge in [-0.15, -0.1) is 0 Å². The van der Waals surface area contributed by atoms with Crippen LogP contribution in [-0.4, -0.2) is 21.6 Å². The van der Waals surface area contributed by atoms with E-state index in [1.807, 2.05) is 13.0 Å². The molecular weight excluding hydrogens is 304 g/mol. The topological polar surface area (TPSA) is 71.3 Å². The molecule has 2 rings (SSSR count). The van der Waals surface area contributed by atoms with Gasteiger partial charge >= 0.3 is 5.97 Å². The molecule has 0 fully saturated rings. The van der Waals surface area contributed by atoms with Crippen LogP contribution in [0.4, 0.5) is 5.69 Å². The Labute approximate surface area is 132 Å². The maximum absolute atomic E-state index is 12.1. The molecule has 1 aromatic carbocycles. The Kier molecular flexibility index (Phi) is 5.01. The van der Waals surface area contributed by atoms with Crippen LogP contribution in [0, 0.1) is 6.92 Å². The van der Waals surface area contributed by atoms with Gasteiger partial charge in [-0.1, -0.05) is 17.7 Å². The highest BCUT2D eigenvalue weighted by atomic mass is 35.5. The van der Waals surface area contributed by atoms with Crippen LogP contribution in [0.2, 0.25) is 5.02 Å². The first kappa shape index (κ1) is 15.9. The summed E-state index contributed by atoms with van der Waals surface area (Å²) in [5.41, 5.74) is 2.21. The number of rotatable bonds is 5. The number of nitrogens with zero attached hydrogens (tertiary/aromatic N) is 1. The van der Waals surface area contributed by atoms with E-state index in [9.17, 15) is 9.59 Å². The largest absolute Gasteiger partial charge is 0.478 e. The molecule has 0 atom stereocenters. The molecule has 22 heavy (non-hydrogen) atoms. The number of nitrogens with one attached hydrogen (secondary N) is 1. The molecule has 2 aromatic rings. The monoisotopic (exact) mass is 318 g/mol. The van der Waals surface area contributed by atoms with Gasteiger partial charge in [0.15, 0.2) is 0 Å². The number of anilines is 1. The van der Waals surface area contributed by atoms with Crippen LogP contribution in [0.5, 0.6) is 0 Å². The van der Waals surface area contributed by atoms with E-state index in [0.29, 0.717) is 16.4 Å². The molecule has 5 nitrogen and oxygen atoms in total. The summed E-state index contributed by atoms with van der Waals surface area (Å²) < 4.78 is 1.66. The summed E-state index contributed by atoms with van der Waals surface area (Å²) in [6.07, 6.45) is 4.19. The number of hydrogen-bond donors (Lipinski definition) is 2. The molecule has 0 saturated carbocycles. The van der Waals surface area contributed by atoms with Crippen molar-refractivity contribution in [1.29, 1.82) is 0 Å². The van der Waals surface area contributed by atoms with E-state index in [0.717, 1.165) is 11.6 Å². The second kappa shape index (κ2) is 6.95. The minimum absolute atomic E-state index is 0.0816. The first-order valence-corrected chi connectivity index (χ1v) is 6.95. The summed E-state index contributed by atoms with van der Waals surface area (Å²) in [6.45, 7) is 1.96. The van der Waals surface area contributed by atoms with Crippen molar-refractivity contribution in [3.63, 3.8) is 0 Å². The van der Waals surface area contributed by atoms with Gasteiger partial charge in [-0.3, -0.25) is 4.79 Å². The number of aryl methyl sites for hydroxylation is 1. The van der Waals surface area contributed by atoms with Gasteiger partial charge in [0.2, 0.25) is 5.91 Å². The average Bonchev–Trinajstić information content (AvgIpc) is 2.87. The van der Waals surface area contributed by atoms with Crippen LogP contribution >= 0.6 is 11.6 Å². The van der Waals surface area contributed by atoms with E-state index in [-0.39, 0.29) is 12.5 Å². The van der Waals surface area contributed by atoms with Crippen LogP contribution in [-0.2, 0) is 16.1 Å². The summed E-state index contributed by atoms with van der Waals surface area (Å²) in [5, 5.41) is 12.0. The van der Waals surface area contributed by atoms with Gasteiger partial charge in [0.25, 0.3) is 0 Å². The van der Waals surface area contributed by atoms with E-state index in [2.05, 4.69) is 5.32 Å². The lowest BCUT2D eigenvalue weighted by Gasteiger charge is -2.10. The van der Waals surface area contributed by atoms with E-state index < -0.39 is 5.97 Å². The number of hydrogen-bond acceptors (Lipinski definition) is 2. The normalized spacial score (nSPS) is 10.8. The molecular formula is C16H15ClN2O3. The fourth-order valence-electron chi connectivity index (χ4n) is 1.95. The van der Waals surface area contributed by atoms with Gasteiger partial charge in [-0.25, -0.2) is 4.79 Å². The smallest absolute Gasteiger partial charge is 0.328 e. The summed E-state index contributed by atoms with van der Waals surface area (Å²) in [7, 11) is 0. The first-order chi connectivity index (χ1) is 10.5. The summed E-state index contributed by atoms with van der Waals surface area (Å²) >= 11 is 5.92. The highest BCUT2D eigenvalue weighted by Gasteiger charge is 2.08. The Bertz CT molecular complexity index is 735. The third-order valence-electron chi connectivity index (χ3n) is 3.05. The maximum atomic E-state index is 12.1. The minimum Gasteiger partial charge on any atom is -0.478 e. The molecule has 0 saturated heterocycles.